The Kier molecular flexibility index (Phi) is 7.50. The molecule has 1 aromatic carbocycles. The molecule has 2 aliphatic rings. The first-order chi connectivity index (χ1) is 13.9. The van der Waals surface area contributed by atoms with Crippen LogP contribution in [0.2, 0.25) is 0 Å². The Morgan fingerprint density at radius 2 is 1.83 bits per heavy atom. The van der Waals surface area contributed by atoms with E-state index in [0.717, 1.165) is 25.9 Å². The summed E-state index contributed by atoms with van der Waals surface area (Å²) in [7, 11) is -3.66. The van der Waals surface area contributed by atoms with Gasteiger partial charge in [0.25, 0.3) is 0 Å². The Balaban J connectivity index is 1.80. The fourth-order valence-corrected chi connectivity index (χ4v) is 5.01. The van der Waals surface area contributed by atoms with E-state index in [1.165, 1.54) is 22.9 Å². The normalized spacial score (nSPS) is 19.3. The lowest BCUT2D eigenvalue weighted by Crippen LogP contribution is -2.40. The van der Waals surface area contributed by atoms with Gasteiger partial charge in [-0.15, -0.1) is 0 Å². The van der Waals surface area contributed by atoms with E-state index in [-0.39, 0.29) is 16.9 Å². The summed E-state index contributed by atoms with van der Waals surface area (Å²) in [6.07, 6.45) is 3.30. The van der Waals surface area contributed by atoms with Gasteiger partial charge in [-0.1, -0.05) is 6.42 Å². The predicted octanol–water partition coefficient (Wildman–Crippen LogP) is 1.92. The van der Waals surface area contributed by atoms with Crippen LogP contribution in [0.5, 0.6) is 5.75 Å². The third kappa shape index (κ3) is 5.91. The average Bonchev–Trinajstić information content (AvgIpc) is 2.70. The first kappa shape index (κ1) is 22.0. The molecule has 1 aromatic rings. The van der Waals surface area contributed by atoms with Crippen LogP contribution in [0.3, 0.4) is 0 Å². The standard InChI is InChI=1S/C20H31N3O5S/c1-16(2)28-19-7-6-17(29(25,26)23-10-12-27-13-11-23)14-18(19)21-20(24)15-22-8-4-3-5-9-22/h6-7,14,16H,3-5,8-13,15H2,1-2H3,(H,21,24). The van der Waals surface area contributed by atoms with Gasteiger partial charge in [0.1, 0.15) is 5.75 Å². The minimum absolute atomic E-state index is 0.102. The number of benzene rings is 1. The highest BCUT2D eigenvalue weighted by Crippen LogP contribution is 2.30. The van der Waals surface area contributed by atoms with Crippen molar-refractivity contribution in [2.75, 3.05) is 51.3 Å². The summed E-state index contributed by atoms with van der Waals surface area (Å²) in [5, 5.41) is 2.87. The summed E-state index contributed by atoms with van der Waals surface area (Å²) < 4.78 is 38.4. The number of likely N-dealkylation sites (tertiary alicyclic amines) is 1. The van der Waals surface area contributed by atoms with Crippen LogP contribution in [0.25, 0.3) is 0 Å². The number of carbonyl (C=O) groups is 1. The zero-order valence-electron chi connectivity index (χ0n) is 17.2. The molecule has 9 heteroatoms. The number of morpholine rings is 1. The number of hydrogen-bond donors (Lipinski definition) is 1. The molecule has 0 atom stereocenters. The number of ether oxygens (including phenoxy) is 2. The van der Waals surface area contributed by atoms with E-state index in [9.17, 15) is 13.2 Å². The molecular formula is C20H31N3O5S. The third-order valence-electron chi connectivity index (χ3n) is 5.01. The van der Waals surface area contributed by atoms with Crippen molar-refractivity contribution in [3.8, 4) is 5.75 Å². The second-order valence-corrected chi connectivity index (χ2v) is 9.66. The summed E-state index contributed by atoms with van der Waals surface area (Å²) in [6.45, 7) is 7.30. The third-order valence-corrected chi connectivity index (χ3v) is 6.91. The Morgan fingerprint density at radius 1 is 1.14 bits per heavy atom. The predicted molar refractivity (Wildman–Crippen MR) is 111 cm³/mol. The van der Waals surface area contributed by atoms with Crippen molar-refractivity contribution >= 4 is 21.6 Å². The van der Waals surface area contributed by atoms with Crippen molar-refractivity contribution in [1.82, 2.24) is 9.21 Å². The van der Waals surface area contributed by atoms with Crippen LogP contribution in [0.1, 0.15) is 33.1 Å². The molecule has 2 saturated heterocycles. The van der Waals surface area contributed by atoms with E-state index < -0.39 is 10.0 Å². The molecule has 0 bridgehead atoms. The maximum atomic E-state index is 13.0. The summed E-state index contributed by atoms with van der Waals surface area (Å²) in [5.74, 6) is 0.300. The molecule has 2 aliphatic heterocycles. The van der Waals surface area contributed by atoms with E-state index in [0.29, 0.717) is 44.3 Å². The van der Waals surface area contributed by atoms with Crippen LogP contribution in [0, 0.1) is 0 Å². The van der Waals surface area contributed by atoms with Crippen molar-refractivity contribution in [2.24, 2.45) is 0 Å². The largest absolute Gasteiger partial charge is 0.489 e. The van der Waals surface area contributed by atoms with Gasteiger partial charge < -0.3 is 14.8 Å². The average molecular weight is 426 g/mol. The number of carbonyl (C=O) groups excluding carboxylic acids is 1. The first-order valence-electron chi connectivity index (χ1n) is 10.3. The lowest BCUT2D eigenvalue weighted by molar-refractivity contribution is -0.117. The van der Waals surface area contributed by atoms with Crippen molar-refractivity contribution in [2.45, 2.75) is 44.1 Å². The van der Waals surface area contributed by atoms with Gasteiger partial charge in [0.15, 0.2) is 0 Å². The van der Waals surface area contributed by atoms with Gasteiger partial charge in [0.05, 0.1) is 36.4 Å². The number of piperidine rings is 1. The number of anilines is 1. The highest BCUT2D eigenvalue weighted by atomic mass is 32.2. The lowest BCUT2D eigenvalue weighted by Gasteiger charge is -2.27. The topological polar surface area (TPSA) is 88.2 Å². The molecule has 0 spiro atoms. The van der Waals surface area contributed by atoms with Crippen molar-refractivity contribution in [3.05, 3.63) is 18.2 Å². The molecule has 0 radical (unpaired) electrons. The fourth-order valence-electron chi connectivity index (χ4n) is 3.57. The van der Waals surface area contributed by atoms with Crippen LogP contribution in [-0.2, 0) is 19.6 Å². The Morgan fingerprint density at radius 3 is 2.48 bits per heavy atom. The smallest absolute Gasteiger partial charge is 0.243 e. The molecule has 2 heterocycles. The molecule has 1 N–H and O–H groups in total. The maximum Gasteiger partial charge on any atom is 0.243 e. The zero-order chi connectivity index (χ0) is 20.9. The molecular weight excluding hydrogens is 394 g/mol. The molecule has 29 heavy (non-hydrogen) atoms. The summed E-state index contributed by atoms with van der Waals surface area (Å²) in [6, 6.07) is 4.64. The first-order valence-corrected chi connectivity index (χ1v) is 11.7. The van der Waals surface area contributed by atoms with E-state index in [2.05, 4.69) is 10.2 Å². The SMILES string of the molecule is CC(C)Oc1ccc(S(=O)(=O)N2CCOCC2)cc1NC(=O)CN1CCCCC1. The van der Waals surface area contributed by atoms with E-state index in [1.807, 2.05) is 13.8 Å². The summed E-state index contributed by atoms with van der Waals surface area (Å²) in [5.41, 5.74) is 0.384. The van der Waals surface area contributed by atoms with Crippen molar-refractivity contribution in [3.63, 3.8) is 0 Å². The van der Waals surface area contributed by atoms with E-state index >= 15 is 0 Å². The van der Waals surface area contributed by atoms with Gasteiger partial charge in [-0.3, -0.25) is 9.69 Å². The molecule has 1 amide bonds. The van der Waals surface area contributed by atoms with Gasteiger partial charge in [-0.05, 0) is 58.0 Å². The lowest BCUT2D eigenvalue weighted by atomic mass is 10.1. The molecule has 162 valence electrons. The van der Waals surface area contributed by atoms with Gasteiger partial charge in [0, 0.05) is 13.1 Å². The highest BCUT2D eigenvalue weighted by Gasteiger charge is 2.27. The Labute approximate surface area is 173 Å². The van der Waals surface area contributed by atoms with E-state index in [4.69, 9.17) is 9.47 Å². The van der Waals surface area contributed by atoms with Crippen molar-refractivity contribution < 1.29 is 22.7 Å². The fraction of sp³-hybridized carbons (Fsp3) is 0.650. The minimum atomic E-state index is -3.66. The summed E-state index contributed by atoms with van der Waals surface area (Å²) in [4.78, 5) is 14.9. The highest BCUT2D eigenvalue weighted by molar-refractivity contribution is 7.89. The quantitative estimate of drug-likeness (QED) is 0.718. The molecule has 0 saturated carbocycles. The van der Waals surface area contributed by atoms with Crippen LogP contribution < -0.4 is 10.1 Å². The van der Waals surface area contributed by atoms with Gasteiger partial charge in [0.2, 0.25) is 15.9 Å². The zero-order valence-corrected chi connectivity index (χ0v) is 18.0. The molecule has 8 nitrogen and oxygen atoms in total. The molecule has 3 rings (SSSR count). The number of rotatable bonds is 7. The van der Waals surface area contributed by atoms with Crippen LogP contribution in [-0.4, -0.2) is 75.6 Å². The van der Waals surface area contributed by atoms with Crippen LogP contribution >= 0.6 is 0 Å². The van der Waals surface area contributed by atoms with Gasteiger partial charge >= 0.3 is 0 Å². The van der Waals surface area contributed by atoms with Gasteiger partial charge in [-0.2, -0.15) is 4.31 Å². The maximum absolute atomic E-state index is 13.0. The number of nitrogens with one attached hydrogen (secondary N) is 1. The molecule has 0 aliphatic carbocycles. The summed E-state index contributed by atoms with van der Waals surface area (Å²) >= 11 is 0. The van der Waals surface area contributed by atoms with Crippen LogP contribution in [0.15, 0.2) is 23.1 Å². The van der Waals surface area contributed by atoms with Gasteiger partial charge in [-0.25, -0.2) is 8.42 Å². The second-order valence-electron chi connectivity index (χ2n) is 7.73. The molecule has 0 aromatic heterocycles. The Bertz CT molecular complexity index is 800. The number of hydrogen-bond acceptors (Lipinski definition) is 6. The molecule has 0 unspecified atom stereocenters. The van der Waals surface area contributed by atoms with Crippen molar-refractivity contribution in [1.29, 1.82) is 0 Å². The number of amides is 1. The van der Waals surface area contributed by atoms with Crippen LogP contribution in [0.4, 0.5) is 5.69 Å². The number of nitrogens with zero attached hydrogens (tertiary/aromatic N) is 2. The number of sulfonamides is 1. The second kappa shape index (κ2) is 9.88. The minimum Gasteiger partial charge on any atom is -0.489 e. The Hall–Kier alpha value is -1.68. The van der Waals surface area contributed by atoms with E-state index in [1.54, 1.807) is 6.07 Å². The monoisotopic (exact) mass is 425 g/mol. The molecule has 2 fully saturated rings.